The van der Waals surface area contributed by atoms with E-state index >= 15 is 0 Å². The van der Waals surface area contributed by atoms with E-state index in [1.54, 1.807) is 7.05 Å². The zero-order valence-electron chi connectivity index (χ0n) is 7.93. The molecule has 0 aromatic carbocycles. The molecule has 5 heteroatoms. The first-order chi connectivity index (χ1) is 5.83. The van der Waals surface area contributed by atoms with Crippen molar-refractivity contribution in [2.24, 2.45) is 5.92 Å². The molecule has 4 nitrogen and oxygen atoms in total. The molecule has 1 aliphatic heterocycles. The number of halogens is 1. The van der Waals surface area contributed by atoms with Crippen LogP contribution < -0.4 is 16.0 Å². The number of hydrogen-bond donors (Lipinski definition) is 3. The molecule has 1 fully saturated rings. The molecule has 0 bridgehead atoms. The maximum atomic E-state index is 10.8. The predicted molar refractivity (Wildman–Crippen MR) is 55.3 cm³/mol. The number of carbonyl (C=O) groups is 1. The summed E-state index contributed by atoms with van der Waals surface area (Å²) in [7, 11) is 1.63. The van der Waals surface area contributed by atoms with Crippen LogP contribution in [0, 0.1) is 5.92 Å². The largest absolute Gasteiger partial charge is 0.341 e. The van der Waals surface area contributed by atoms with Crippen LogP contribution in [0.25, 0.3) is 0 Å². The second-order valence-corrected chi connectivity index (χ2v) is 3.17. The van der Waals surface area contributed by atoms with Crippen molar-refractivity contribution in [3.63, 3.8) is 0 Å². The lowest BCUT2D eigenvalue weighted by Gasteiger charge is -2.22. The zero-order chi connectivity index (χ0) is 8.81. The monoisotopic (exact) mass is 207 g/mol. The fourth-order valence-corrected chi connectivity index (χ4v) is 1.42. The van der Waals surface area contributed by atoms with Crippen LogP contribution in [0.1, 0.15) is 12.8 Å². The summed E-state index contributed by atoms with van der Waals surface area (Å²) in [6.07, 6.45) is 2.44. The van der Waals surface area contributed by atoms with Gasteiger partial charge in [-0.05, 0) is 31.8 Å². The van der Waals surface area contributed by atoms with Gasteiger partial charge in [-0.25, -0.2) is 4.79 Å². The van der Waals surface area contributed by atoms with Gasteiger partial charge in [0.2, 0.25) is 0 Å². The lowest BCUT2D eigenvalue weighted by molar-refractivity contribution is 0.239. The Labute approximate surface area is 85.3 Å². The predicted octanol–water partition coefficient (Wildman–Crippen LogP) is 0.337. The summed E-state index contributed by atoms with van der Waals surface area (Å²) in [5.41, 5.74) is 0. The first kappa shape index (κ1) is 12.5. The van der Waals surface area contributed by atoms with Gasteiger partial charge in [-0.15, -0.1) is 12.4 Å². The number of carbonyl (C=O) groups excluding carboxylic acids is 1. The van der Waals surface area contributed by atoms with Crippen molar-refractivity contribution >= 4 is 18.4 Å². The van der Waals surface area contributed by atoms with E-state index in [2.05, 4.69) is 16.0 Å². The van der Waals surface area contributed by atoms with Crippen LogP contribution in [0.2, 0.25) is 0 Å². The molecule has 0 saturated carbocycles. The van der Waals surface area contributed by atoms with Gasteiger partial charge in [0.15, 0.2) is 0 Å². The topological polar surface area (TPSA) is 53.2 Å². The molecule has 0 aromatic rings. The highest BCUT2D eigenvalue weighted by atomic mass is 35.5. The van der Waals surface area contributed by atoms with E-state index < -0.39 is 0 Å². The first-order valence-corrected chi connectivity index (χ1v) is 4.49. The van der Waals surface area contributed by atoms with Crippen molar-refractivity contribution < 1.29 is 4.79 Å². The van der Waals surface area contributed by atoms with Crippen LogP contribution >= 0.6 is 12.4 Å². The highest BCUT2D eigenvalue weighted by Gasteiger charge is 2.12. The molecule has 0 spiro atoms. The molecule has 1 heterocycles. The van der Waals surface area contributed by atoms with Gasteiger partial charge in [-0.2, -0.15) is 0 Å². The molecule has 13 heavy (non-hydrogen) atoms. The number of urea groups is 1. The Balaban J connectivity index is 0.00000144. The standard InChI is InChI=1S/C8H17N3O.ClH/c1-9-8(12)11-6-7-3-2-4-10-5-7;/h7,10H,2-6H2,1H3,(H2,9,11,12);1H. The molecule has 1 rings (SSSR count). The Morgan fingerprint density at radius 2 is 2.38 bits per heavy atom. The minimum Gasteiger partial charge on any atom is -0.341 e. The molecular weight excluding hydrogens is 190 g/mol. The maximum Gasteiger partial charge on any atom is 0.314 e. The second kappa shape index (κ2) is 6.97. The minimum atomic E-state index is -0.0828. The molecule has 0 radical (unpaired) electrons. The molecule has 1 saturated heterocycles. The second-order valence-electron chi connectivity index (χ2n) is 3.17. The van der Waals surface area contributed by atoms with Gasteiger partial charge in [-0.1, -0.05) is 0 Å². The highest BCUT2D eigenvalue weighted by molar-refractivity contribution is 5.85. The summed E-state index contributed by atoms with van der Waals surface area (Å²) in [4.78, 5) is 10.8. The van der Waals surface area contributed by atoms with Crippen LogP contribution in [0.4, 0.5) is 4.79 Å². The van der Waals surface area contributed by atoms with E-state index in [-0.39, 0.29) is 18.4 Å². The Kier molecular flexibility index (Phi) is 6.72. The van der Waals surface area contributed by atoms with Crippen LogP contribution in [0.5, 0.6) is 0 Å². The van der Waals surface area contributed by atoms with Crippen molar-refractivity contribution in [1.82, 2.24) is 16.0 Å². The van der Waals surface area contributed by atoms with Crippen LogP contribution in [0.3, 0.4) is 0 Å². The molecule has 0 aromatic heterocycles. The van der Waals surface area contributed by atoms with Crippen LogP contribution in [-0.4, -0.2) is 32.7 Å². The van der Waals surface area contributed by atoms with Gasteiger partial charge in [0.1, 0.15) is 0 Å². The summed E-state index contributed by atoms with van der Waals surface area (Å²) in [6.45, 7) is 2.94. The Morgan fingerprint density at radius 1 is 1.62 bits per heavy atom. The van der Waals surface area contributed by atoms with Crippen molar-refractivity contribution in [3.05, 3.63) is 0 Å². The van der Waals surface area contributed by atoms with Gasteiger partial charge in [0.05, 0.1) is 0 Å². The van der Waals surface area contributed by atoms with Gasteiger partial charge in [-0.3, -0.25) is 0 Å². The third-order valence-corrected chi connectivity index (χ3v) is 2.18. The summed E-state index contributed by atoms with van der Waals surface area (Å²) in [5, 5.41) is 8.65. The van der Waals surface area contributed by atoms with Gasteiger partial charge in [0.25, 0.3) is 0 Å². The summed E-state index contributed by atoms with van der Waals surface area (Å²) in [5.74, 6) is 0.607. The maximum absolute atomic E-state index is 10.8. The normalized spacial score (nSPS) is 21.5. The van der Waals surface area contributed by atoms with Crippen molar-refractivity contribution in [2.45, 2.75) is 12.8 Å². The number of rotatable bonds is 2. The van der Waals surface area contributed by atoms with Crippen molar-refractivity contribution in [3.8, 4) is 0 Å². The fourth-order valence-electron chi connectivity index (χ4n) is 1.42. The third-order valence-electron chi connectivity index (χ3n) is 2.18. The van der Waals surface area contributed by atoms with E-state index in [4.69, 9.17) is 0 Å². The number of hydrogen-bond acceptors (Lipinski definition) is 2. The molecule has 2 amide bonds. The molecule has 1 unspecified atom stereocenters. The van der Waals surface area contributed by atoms with Crippen molar-refractivity contribution in [2.75, 3.05) is 26.7 Å². The molecule has 3 N–H and O–H groups in total. The Bertz CT molecular complexity index is 148. The lowest BCUT2D eigenvalue weighted by atomic mass is 10.00. The van der Waals surface area contributed by atoms with Crippen LogP contribution in [-0.2, 0) is 0 Å². The first-order valence-electron chi connectivity index (χ1n) is 4.49. The van der Waals surface area contributed by atoms with Gasteiger partial charge < -0.3 is 16.0 Å². The van der Waals surface area contributed by atoms with E-state index in [9.17, 15) is 4.79 Å². The molecule has 1 aliphatic rings. The van der Waals surface area contributed by atoms with E-state index in [1.165, 1.54) is 12.8 Å². The smallest absolute Gasteiger partial charge is 0.314 e. The summed E-state index contributed by atoms with van der Waals surface area (Å²) in [6, 6.07) is -0.0828. The molecule has 78 valence electrons. The minimum absolute atomic E-state index is 0. The van der Waals surface area contributed by atoms with E-state index in [0.717, 1.165) is 19.6 Å². The SMILES string of the molecule is CNC(=O)NCC1CCCNC1.Cl. The molecule has 1 atom stereocenters. The number of nitrogens with one attached hydrogen (secondary N) is 3. The highest BCUT2D eigenvalue weighted by Crippen LogP contribution is 2.07. The van der Waals surface area contributed by atoms with Crippen LogP contribution in [0.15, 0.2) is 0 Å². The average molecular weight is 208 g/mol. The summed E-state index contributed by atoms with van der Waals surface area (Å²) < 4.78 is 0. The lowest BCUT2D eigenvalue weighted by Crippen LogP contribution is -2.41. The molecule has 0 aliphatic carbocycles. The van der Waals surface area contributed by atoms with Crippen molar-refractivity contribution in [1.29, 1.82) is 0 Å². The number of amides is 2. The van der Waals surface area contributed by atoms with Gasteiger partial charge in [0, 0.05) is 13.6 Å². The average Bonchev–Trinajstić information content (AvgIpc) is 2.16. The van der Waals surface area contributed by atoms with Gasteiger partial charge >= 0.3 is 6.03 Å². The Morgan fingerprint density at radius 3 is 2.92 bits per heavy atom. The molecular formula is C8H18ClN3O. The van der Waals surface area contributed by atoms with E-state index in [1.807, 2.05) is 0 Å². The zero-order valence-corrected chi connectivity index (χ0v) is 8.75. The fraction of sp³-hybridized carbons (Fsp3) is 0.875. The summed E-state index contributed by atoms with van der Waals surface area (Å²) >= 11 is 0. The quantitative estimate of drug-likeness (QED) is 0.612. The van der Waals surface area contributed by atoms with E-state index in [0.29, 0.717) is 5.92 Å². The number of piperidine rings is 1. The Hall–Kier alpha value is -0.480. The third kappa shape index (κ3) is 4.95.